The van der Waals surface area contributed by atoms with E-state index in [2.05, 4.69) is 5.32 Å². The van der Waals surface area contributed by atoms with Gasteiger partial charge in [-0.15, -0.1) is 0 Å². The highest BCUT2D eigenvalue weighted by atomic mass is 16.5. The van der Waals surface area contributed by atoms with Crippen LogP contribution < -0.4 is 10.1 Å². The van der Waals surface area contributed by atoms with Crippen LogP contribution in [0.3, 0.4) is 0 Å². The number of benzene rings is 1. The molecule has 138 valence electrons. The van der Waals surface area contributed by atoms with E-state index in [0.29, 0.717) is 19.7 Å². The lowest BCUT2D eigenvalue weighted by Gasteiger charge is -2.37. The Labute approximate surface area is 149 Å². The van der Waals surface area contributed by atoms with Crippen LogP contribution in [0.2, 0.25) is 0 Å². The first kappa shape index (κ1) is 19.2. The number of carbonyl (C=O) groups is 2. The van der Waals surface area contributed by atoms with Gasteiger partial charge >= 0.3 is 0 Å². The number of rotatable bonds is 7. The average Bonchev–Trinajstić information content (AvgIpc) is 2.61. The van der Waals surface area contributed by atoms with Crippen molar-refractivity contribution in [1.29, 1.82) is 0 Å². The van der Waals surface area contributed by atoms with Gasteiger partial charge in [-0.1, -0.05) is 18.2 Å². The topological polar surface area (TPSA) is 67.9 Å². The van der Waals surface area contributed by atoms with E-state index in [9.17, 15) is 9.59 Å². The summed E-state index contributed by atoms with van der Waals surface area (Å²) in [4.78, 5) is 26.6. The Morgan fingerprint density at radius 1 is 1.28 bits per heavy atom. The number of carbonyl (C=O) groups excluding carboxylic acids is 2. The molecule has 6 nitrogen and oxygen atoms in total. The van der Waals surface area contributed by atoms with E-state index < -0.39 is 0 Å². The van der Waals surface area contributed by atoms with Gasteiger partial charge in [-0.3, -0.25) is 9.59 Å². The van der Waals surface area contributed by atoms with Crippen LogP contribution >= 0.6 is 0 Å². The van der Waals surface area contributed by atoms with E-state index in [0.717, 1.165) is 24.2 Å². The summed E-state index contributed by atoms with van der Waals surface area (Å²) in [6.45, 7) is 5.38. The van der Waals surface area contributed by atoms with Crippen molar-refractivity contribution in [2.75, 3.05) is 33.4 Å². The van der Waals surface area contributed by atoms with Gasteiger partial charge in [0.2, 0.25) is 5.91 Å². The number of nitrogens with zero attached hydrogens (tertiary/aromatic N) is 1. The predicted molar refractivity (Wildman–Crippen MR) is 95.5 cm³/mol. The number of ether oxygens (including phenoxy) is 2. The Bertz CT molecular complexity index is 591. The number of nitrogens with one attached hydrogen (secondary N) is 1. The molecule has 1 aliphatic heterocycles. The number of amides is 2. The van der Waals surface area contributed by atoms with Gasteiger partial charge in [0.15, 0.2) is 6.61 Å². The van der Waals surface area contributed by atoms with Crippen LogP contribution in [0.5, 0.6) is 5.75 Å². The molecule has 25 heavy (non-hydrogen) atoms. The minimum Gasteiger partial charge on any atom is -0.484 e. The van der Waals surface area contributed by atoms with Crippen molar-refractivity contribution in [3.05, 3.63) is 29.8 Å². The zero-order valence-corrected chi connectivity index (χ0v) is 15.3. The van der Waals surface area contributed by atoms with E-state index >= 15 is 0 Å². The minimum absolute atomic E-state index is 0.00674. The van der Waals surface area contributed by atoms with Crippen LogP contribution in [0, 0.1) is 12.8 Å². The number of hydrogen-bond donors (Lipinski definition) is 1. The molecule has 2 rings (SSSR count). The van der Waals surface area contributed by atoms with Gasteiger partial charge in [-0.05, 0) is 38.3 Å². The highest BCUT2D eigenvalue weighted by Gasteiger charge is 2.32. The summed E-state index contributed by atoms with van der Waals surface area (Å²) in [7, 11) is 1.60. The second-order valence-corrected chi connectivity index (χ2v) is 6.51. The van der Waals surface area contributed by atoms with Crippen molar-refractivity contribution in [2.45, 2.75) is 32.7 Å². The molecular formula is C19H28N2O4. The third-order valence-corrected chi connectivity index (χ3v) is 4.62. The second kappa shape index (κ2) is 9.42. The van der Waals surface area contributed by atoms with Crippen molar-refractivity contribution < 1.29 is 19.1 Å². The molecule has 2 atom stereocenters. The summed E-state index contributed by atoms with van der Waals surface area (Å²) in [5.74, 6) is 0.455. The first-order chi connectivity index (χ1) is 12.0. The second-order valence-electron chi connectivity index (χ2n) is 6.51. The molecule has 0 saturated carbocycles. The van der Waals surface area contributed by atoms with Crippen LogP contribution in [0.1, 0.15) is 25.3 Å². The Morgan fingerprint density at radius 2 is 2.04 bits per heavy atom. The van der Waals surface area contributed by atoms with Crippen LogP contribution in [0.25, 0.3) is 0 Å². The van der Waals surface area contributed by atoms with E-state index in [1.807, 2.05) is 38.1 Å². The maximum absolute atomic E-state index is 12.6. The van der Waals surface area contributed by atoms with Gasteiger partial charge in [-0.2, -0.15) is 0 Å². The zero-order chi connectivity index (χ0) is 18.2. The molecule has 1 heterocycles. The number of aryl methyl sites for hydroxylation is 1. The molecule has 6 heteroatoms. The molecular weight excluding hydrogens is 320 g/mol. The number of para-hydroxylation sites is 1. The Hall–Kier alpha value is -2.08. The standard InChI is InChI=1S/C19H28N2O4/c1-14-6-4-5-7-17(14)25-13-18(22)21-12-16(9-8-15(21)2)19(23)20-10-11-24-3/h4-7,15-16H,8-13H2,1-3H3,(H,20,23)/t15-,16+/m1/s1. The lowest BCUT2D eigenvalue weighted by molar-refractivity contribution is -0.140. The molecule has 1 saturated heterocycles. The van der Waals surface area contributed by atoms with Gasteiger partial charge < -0.3 is 19.7 Å². The first-order valence-corrected chi connectivity index (χ1v) is 8.77. The number of methoxy groups -OCH3 is 1. The third kappa shape index (κ3) is 5.46. The molecule has 0 unspecified atom stereocenters. The largest absolute Gasteiger partial charge is 0.484 e. The number of likely N-dealkylation sites (tertiary alicyclic amines) is 1. The quantitative estimate of drug-likeness (QED) is 0.763. The minimum atomic E-state index is -0.171. The summed E-state index contributed by atoms with van der Waals surface area (Å²) < 4.78 is 10.6. The highest BCUT2D eigenvalue weighted by molar-refractivity contribution is 5.82. The lowest BCUT2D eigenvalue weighted by Crippen LogP contribution is -2.51. The van der Waals surface area contributed by atoms with Crippen LogP contribution in [0.4, 0.5) is 0 Å². The van der Waals surface area contributed by atoms with E-state index in [-0.39, 0.29) is 30.4 Å². The molecule has 1 aliphatic rings. The first-order valence-electron chi connectivity index (χ1n) is 8.77. The monoisotopic (exact) mass is 348 g/mol. The summed E-state index contributed by atoms with van der Waals surface area (Å²) in [5.41, 5.74) is 0.998. The molecule has 0 spiro atoms. The molecule has 1 aromatic rings. The van der Waals surface area contributed by atoms with E-state index in [4.69, 9.17) is 9.47 Å². The van der Waals surface area contributed by atoms with Crippen molar-refractivity contribution >= 4 is 11.8 Å². The fourth-order valence-electron chi connectivity index (χ4n) is 3.03. The Balaban J connectivity index is 1.89. The number of piperidine rings is 1. The molecule has 0 aromatic heterocycles. The van der Waals surface area contributed by atoms with Crippen molar-refractivity contribution in [3.8, 4) is 5.75 Å². The van der Waals surface area contributed by atoms with E-state index in [1.54, 1.807) is 12.0 Å². The highest BCUT2D eigenvalue weighted by Crippen LogP contribution is 2.23. The van der Waals surface area contributed by atoms with Gasteiger partial charge in [0, 0.05) is 26.2 Å². The van der Waals surface area contributed by atoms with Gasteiger partial charge in [-0.25, -0.2) is 0 Å². The van der Waals surface area contributed by atoms with Crippen molar-refractivity contribution in [1.82, 2.24) is 10.2 Å². The Kier molecular flexibility index (Phi) is 7.25. The van der Waals surface area contributed by atoms with Crippen LogP contribution in [-0.4, -0.2) is 56.2 Å². The van der Waals surface area contributed by atoms with Crippen molar-refractivity contribution in [2.24, 2.45) is 5.92 Å². The van der Waals surface area contributed by atoms with Gasteiger partial charge in [0.25, 0.3) is 5.91 Å². The van der Waals surface area contributed by atoms with Crippen molar-refractivity contribution in [3.63, 3.8) is 0 Å². The molecule has 2 amide bonds. The Morgan fingerprint density at radius 3 is 2.76 bits per heavy atom. The van der Waals surface area contributed by atoms with Crippen LogP contribution in [-0.2, 0) is 14.3 Å². The summed E-state index contributed by atoms with van der Waals surface area (Å²) in [6.07, 6.45) is 1.61. The lowest BCUT2D eigenvalue weighted by atomic mass is 9.92. The maximum atomic E-state index is 12.6. The molecule has 1 aromatic carbocycles. The molecule has 0 aliphatic carbocycles. The molecule has 0 radical (unpaired) electrons. The maximum Gasteiger partial charge on any atom is 0.260 e. The summed E-state index contributed by atoms with van der Waals surface area (Å²) in [5, 5.41) is 2.86. The third-order valence-electron chi connectivity index (χ3n) is 4.62. The summed E-state index contributed by atoms with van der Waals surface area (Å²) in [6, 6.07) is 7.74. The van der Waals surface area contributed by atoms with Gasteiger partial charge in [0.1, 0.15) is 5.75 Å². The number of hydrogen-bond acceptors (Lipinski definition) is 4. The predicted octanol–water partition coefficient (Wildman–Crippen LogP) is 1.76. The average molecular weight is 348 g/mol. The summed E-state index contributed by atoms with van der Waals surface area (Å²) >= 11 is 0. The smallest absolute Gasteiger partial charge is 0.260 e. The fourth-order valence-corrected chi connectivity index (χ4v) is 3.03. The van der Waals surface area contributed by atoms with Gasteiger partial charge in [0.05, 0.1) is 12.5 Å². The SMILES string of the molecule is COCCNC(=O)[C@H]1CC[C@@H](C)N(C(=O)COc2ccccc2C)C1. The molecule has 1 fully saturated rings. The zero-order valence-electron chi connectivity index (χ0n) is 15.3. The molecule has 1 N–H and O–H groups in total. The van der Waals surface area contributed by atoms with Crippen LogP contribution in [0.15, 0.2) is 24.3 Å². The molecule has 0 bridgehead atoms. The van der Waals surface area contributed by atoms with E-state index in [1.165, 1.54) is 0 Å². The normalized spacial score (nSPS) is 20.2. The fraction of sp³-hybridized carbons (Fsp3) is 0.579.